The Kier molecular flexibility index (Phi) is 2.24. The van der Waals surface area contributed by atoms with E-state index >= 15 is 0 Å². The Morgan fingerprint density at radius 2 is 2.55 bits per heavy atom. The second kappa shape index (κ2) is 3.17. The number of amides is 1. The fourth-order valence-electron chi connectivity index (χ4n) is 0.611. The third kappa shape index (κ3) is 1.57. The second-order valence-electron chi connectivity index (χ2n) is 1.94. The molecule has 11 heavy (non-hydrogen) atoms. The lowest BCUT2D eigenvalue weighted by Crippen LogP contribution is -2.19. The standard InChI is InChI=1S/C7H6N2OS/c1-9(5-8)7(10)6-3-2-4-11-6/h2-4H,1H3. The first-order valence-corrected chi connectivity index (χ1v) is 3.85. The van der Waals surface area contributed by atoms with Crippen molar-refractivity contribution in [3.05, 3.63) is 22.4 Å². The minimum absolute atomic E-state index is 0.248. The lowest BCUT2D eigenvalue weighted by Gasteiger charge is -2.02. The summed E-state index contributed by atoms with van der Waals surface area (Å²) in [5.74, 6) is -0.248. The molecule has 1 aromatic heterocycles. The first-order chi connectivity index (χ1) is 5.25. The van der Waals surface area contributed by atoms with Crippen LogP contribution in [0.2, 0.25) is 0 Å². The summed E-state index contributed by atoms with van der Waals surface area (Å²) in [6, 6.07) is 3.48. The number of thiophene rings is 1. The minimum Gasteiger partial charge on any atom is -0.267 e. The highest BCUT2D eigenvalue weighted by Crippen LogP contribution is 2.10. The number of hydrogen-bond acceptors (Lipinski definition) is 3. The van der Waals surface area contributed by atoms with E-state index in [4.69, 9.17) is 5.26 Å². The van der Waals surface area contributed by atoms with E-state index in [1.807, 2.05) is 0 Å². The Balaban J connectivity index is 2.81. The van der Waals surface area contributed by atoms with Gasteiger partial charge in [-0.3, -0.25) is 4.79 Å². The van der Waals surface area contributed by atoms with Crippen LogP contribution >= 0.6 is 11.3 Å². The van der Waals surface area contributed by atoms with Crippen LogP contribution in [0.1, 0.15) is 9.67 Å². The van der Waals surface area contributed by atoms with Gasteiger partial charge in [0, 0.05) is 7.05 Å². The normalized spacial score (nSPS) is 8.73. The van der Waals surface area contributed by atoms with Gasteiger partial charge in [-0.25, -0.2) is 4.90 Å². The fraction of sp³-hybridized carbons (Fsp3) is 0.143. The van der Waals surface area contributed by atoms with Crippen molar-refractivity contribution in [2.75, 3.05) is 7.05 Å². The maximum Gasteiger partial charge on any atom is 0.276 e. The van der Waals surface area contributed by atoms with Gasteiger partial charge in [-0.15, -0.1) is 11.3 Å². The average Bonchev–Trinajstić information content (AvgIpc) is 2.53. The van der Waals surface area contributed by atoms with E-state index in [0.29, 0.717) is 4.88 Å². The molecular formula is C7H6N2OS. The minimum atomic E-state index is -0.248. The molecular weight excluding hydrogens is 160 g/mol. The lowest BCUT2D eigenvalue weighted by molar-refractivity contribution is 0.0863. The quantitative estimate of drug-likeness (QED) is 0.466. The zero-order valence-electron chi connectivity index (χ0n) is 5.94. The van der Waals surface area contributed by atoms with Gasteiger partial charge in [-0.1, -0.05) is 6.07 Å². The maximum absolute atomic E-state index is 11.2. The largest absolute Gasteiger partial charge is 0.276 e. The van der Waals surface area contributed by atoms with Crippen molar-refractivity contribution in [3.63, 3.8) is 0 Å². The van der Waals surface area contributed by atoms with Crippen molar-refractivity contribution in [2.45, 2.75) is 0 Å². The van der Waals surface area contributed by atoms with E-state index in [9.17, 15) is 4.79 Å². The van der Waals surface area contributed by atoms with Gasteiger partial charge in [0.05, 0.1) is 4.88 Å². The van der Waals surface area contributed by atoms with E-state index in [-0.39, 0.29) is 5.91 Å². The molecule has 1 amide bonds. The van der Waals surface area contributed by atoms with Gasteiger partial charge in [0.15, 0.2) is 6.19 Å². The molecule has 3 nitrogen and oxygen atoms in total. The molecule has 0 aliphatic rings. The molecule has 0 saturated carbocycles. The Labute approximate surface area is 68.5 Å². The van der Waals surface area contributed by atoms with Crippen LogP contribution in [0.15, 0.2) is 17.5 Å². The van der Waals surface area contributed by atoms with Gasteiger partial charge < -0.3 is 0 Å². The molecule has 1 rings (SSSR count). The van der Waals surface area contributed by atoms with Crippen LogP contribution in [0.4, 0.5) is 0 Å². The fourth-order valence-corrected chi connectivity index (χ4v) is 1.31. The third-order valence-corrected chi connectivity index (χ3v) is 2.04. The molecule has 0 radical (unpaired) electrons. The molecule has 1 heterocycles. The molecule has 1 aromatic rings. The Hall–Kier alpha value is -1.34. The van der Waals surface area contributed by atoms with Crippen LogP contribution in [0.5, 0.6) is 0 Å². The van der Waals surface area contributed by atoms with Gasteiger partial charge in [0.1, 0.15) is 0 Å². The maximum atomic E-state index is 11.2. The molecule has 0 spiro atoms. The zero-order valence-corrected chi connectivity index (χ0v) is 6.76. The van der Waals surface area contributed by atoms with Crippen LogP contribution in [0.25, 0.3) is 0 Å². The molecule has 0 bridgehead atoms. The van der Waals surface area contributed by atoms with E-state index < -0.39 is 0 Å². The lowest BCUT2D eigenvalue weighted by atomic mass is 10.4. The molecule has 0 aliphatic heterocycles. The number of carbonyl (C=O) groups excluding carboxylic acids is 1. The van der Waals surface area contributed by atoms with Gasteiger partial charge >= 0.3 is 0 Å². The SMILES string of the molecule is CN(C#N)C(=O)c1cccs1. The predicted molar refractivity (Wildman–Crippen MR) is 42.0 cm³/mol. The molecule has 0 unspecified atom stereocenters. The summed E-state index contributed by atoms with van der Waals surface area (Å²) in [5.41, 5.74) is 0. The van der Waals surface area contributed by atoms with Gasteiger partial charge in [-0.05, 0) is 11.4 Å². The summed E-state index contributed by atoms with van der Waals surface area (Å²) >= 11 is 1.33. The molecule has 0 saturated heterocycles. The highest BCUT2D eigenvalue weighted by molar-refractivity contribution is 7.12. The van der Waals surface area contributed by atoms with E-state index in [1.165, 1.54) is 18.4 Å². The molecule has 0 N–H and O–H groups in total. The highest BCUT2D eigenvalue weighted by Gasteiger charge is 2.10. The summed E-state index contributed by atoms with van der Waals surface area (Å²) in [6.07, 6.45) is 1.74. The summed E-state index contributed by atoms with van der Waals surface area (Å²) < 4.78 is 0. The van der Waals surface area contributed by atoms with Crippen molar-refractivity contribution in [3.8, 4) is 6.19 Å². The first-order valence-electron chi connectivity index (χ1n) is 2.97. The van der Waals surface area contributed by atoms with Gasteiger partial charge in [-0.2, -0.15) is 5.26 Å². The number of nitriles is 1. The van der Waals surface area contributed by atoms with E-state index in [2.05, 4.69) is 0 Å². The van der Waals surface area contributed by atoms with Crippen molar-refractivity contribution < 1.29 is 4.79 Å². The van der Waals surface area contributed by atoms with E-state index in [1.54, 1.807) is 23.7 Å². The van der Waals surface area contributed by atoms with Crippen LogP contribution in [-0.4, -0.2) is 17.9 Å². The Morgan fingerprint density at radius 1 is 1.82 bits per heavy atom. The number of nitrogens with zero attached hydrogens (tertiary/aromatic N) is 2. The van der Waals surface area contributed by atoms with Crippen LogP contribution in [-0.2, 0) is 0 Å². The van der Waals surface area contributed by atoms with Crippen LogP contribution < -0.4 is 0 Å². The van der Waals surface area contributed by atoms with Crippen molar-refractivity contribution >= 4 is 17.2 Å². The third-order valence-electron chi connectivity index (χ3n) is 1.19. The molecule has 0 atom stereocenters. The van der Waals surface area contributed by atoms with E-state index in [0.717, 1.165) is 4.90 Å². The molecule has 4 heteroatoms. The first kappa shape index (κ1) is 7.76. The molecule has 0 aliphatic carbocycles. The van der Waals surface area contributed by atoms with Crippen molar-refractivity contribution in [1.82, 2.24) is 4.90 Å². The number of carbonyl (C=O) groups is 1. The van der Waals surface area contributed by atoms with Gasteiger partial charge in [0.25, 0.3) is 5.91 Å². The zero-order chi connectivity index (χ0) is 8.27. The summed E-state index contributed by atoms with van der Waals surface area (Å²) in [5, 5.41) is 10.2. The molecule has 56 valence electrons. The molecule has 0 fully saturated rings. The predicted octanol–water partition coefficient (Wildman–Crippen LogP) is 1.30. The van der Waals surface area contributed by atoms with Crippen molar-refractivity contribution in [1.29, 1.82) is 5.26 Å². The monoisotopic (exact) mass is 166 g/mol. The topological polar surface area (TPSA) is 44.1 Å². The van der Waals surface area contributed by atoms with Gasteiger partial charge in [0.2, 0.25) is 0 Å². The Morgan fingerprint density at radius 3 is 3.00 bits per heavy atom. The smallest absolute Gasteiger partial charge is 0.267 e. The number of hydrogen-bond donors (Lipinski definition) is 0. The number of rotatable bonds is 1. The highest BCUT2D eigenvalue weighted by atomic mass is 32.1. The van der Waals surface area contributed by atoms with Crippen LogP contribution in [0.3, 0.4) is 0 Å². The summed E-state index contributed by atoms with van der Waals surface area (Å²) in [7, 11) is 1.45. The average molecular weight is 166 g/mol. The summed E-state index contributed by atoms with van der Waals surface area (Å²) in [4.78, 5) is 12.7. The second-order valence-corrected chi connectivity index (χ2v) is 2.89. The Bertz CT molecular complexity index is 286. The van der Waals surface area contributed by atoms with Crippen LogP contribution in [0, 0.1) is 11.5 Å². The summed E-state index contributed by atoms with van der Waals surface area (Å²) in [6.45, 7) is 0. The van der Waals surface area contributed by atoms with Crippen molar-refractivity contribution in [2.24, 2.45) is 0 Å². The molecule has 0 aromatic carbocycles.